The first-order chi connectivity index (χ1) is 14.1. The minimum absolute atomic E-state index is 0.121. The number of nitrogens with one attached hydrogen (secondary N) is 1. The van der Waals surface area contributed by atoms with Crippen LogP contribution in [0.15, 0.2) is 53.7 Å². The van der Waals surface area contributed by atoms with Gasteiger partial charge in [-0.05, 0) is 65.9 Å². The number of carbonyl (C=O) groups is 2. The highest BCUT2D eigenvalue weighted by molar-refractivity contribution is 7.99. The van der Waals surface area contributed by atoms with Crippen molar-refractivity contribution in [2.24, 2.45) is 0 Å². The fraction of sp³-hybridized carbons (Fsp3) is 0.211. The number of methoxy groups -OCH3 is 1. The van der Waals surface area contributed by atoms with E-state index in [4.69, 9.17) is 4.74 Å². The van der Waals surface area contributed by atoms with Gasteiger partial charge in [-0.25, -0.2) is 4.79 Å². The average Bonchev–Trinajstić information content (AvgIpc) is 3.22. The predicted molar refractivity (Wildman–Crippen MR) is 107 cm³/mol. The molecule has 0 bridgehead atoms. The lowest BCUT2D eigenvalue weighted by Gasteiger charge is -2.07. The predicted octanol–water partition coefficient (Wildman–Crippen LogP) is 2.58. The van der Waals surface area contributed by atoms with Crippen LogP contribution in [0.25, 0.3) is 5.69 Å². The first-order valence-electron chi connectivity index (χ1n) is 8.73. The molecule has 0 aliphatic rings. The zero-order chi connectivity index (χ0) is 20.6. The van der Waals surface area contributed by atoms with E-state index in [1.807, 2.05) is 31.2 Å². The first kappa shape index (κ1) is 20.3. The Bertz CT molecular complexity index is 973. The van der Waals surface area contributed by atoms with E-state index in [0.29, 0.717) is 23.0 Å². The number of amides is 1. The van der Waals surface area contributed by atoms with Crippen LogP contribution in [0.5, 0.6) is 5.75 Å². The van der Waals surface area contributed by atoms with Gasteiger partial charge in [0.1, 0.15) is 5.75 Å². The minimum Gasteiger partial charge on any atom is -0.494 e. The first-order valence-corrected chi connectivity index (χ1v) is 9.72. The lowest BCUT2D eigenvalue weighted by atomic mass is 10.2. The summed E-state index contributed by atoms with van der Waals surface area (Å²) in [6.07, 6.45) is 0. The number of tetrazole rings is 1. The van der Waals surface area contributed by atoms with Crippen LogP contribution in [0.1, 0.15) is 17.3 Å². The second kappa shape index (κ2) is 9.69. The average molecular weight is 413 g/mol. The molecule has 0 unspecified atom stereocenters. The van der Waals surface area contributed by atoms with Gasteiger partial charge in [0.25, 0.3) is 0 Å². The number of carbonyl (C=O) groups excluding carboxylic acids is 2. The number of hydrogen-bond donors (Lipinski definition) is 1. The molecule has 29 heavy (non-hydrogen) atoms. The molecular weight excluding hydrogens is 394 g/mol. The maximum atomic E-state index is 12.2. The molecule has 0 saturated carbocycles. The molecule has 1 N–H and O–H groups in total. The Kier molecular flexibility index (Phi) is 6.80. The third kappa shape index (κ3) is 5.32. The van der Waals surface area contributed by atoms with Gasteiger partial charge in [0.05, 0.1) is 30.7 Å². The van der Waals surface area contributed by atoms with E-state index >= 15 is 0 Å². The van der Waals surface area contributed by atoms with Gasteiger partial charge in [-0.3, -0.25) is 4.79 Å². The van der Waals surface area contributed by atoms with Gasteiger partial charge >= 0.3 is 5.97 Å². The van der Waals surface area contributed by atoms with Crippen LogP contribution in [0.4, 0.5) is 5.69 Å². The number of aromatic nitrogens is 4. The van der Waals surface area contributed by atoms with Gasteiger partial charge < -0.3 is 14.8 Å². The van der Waals surface area contributed by atoms with Crippen LogP contribution < -0.4 is 10.1 Å². The summed E-state index contributed by atoms with van der Waals surface area (Å²) in [6.45, 7) is 2.51. The van der Waals surface area contributed by atoms with Crippen LogP contribution in [0.2, 0.25) is 0 Å². The SMILES string of the molecule is CCOc1ccc(-n2nnnc2SCC(=O)Nc2ccc(C(=O)OC)cc2)cc1. The molecule has 0 saturated heterocycles. The number of rotatable bonds is 8. The smallest absolute Gasteiger partial charge is 0.337 e. The molecule has 3 rings (SSSR count). The zero-order valence-corrected chi connectivity index (χ0v) is 16.7. The van der Waals surface area contributed by atoms with E-state index in [2.05, 4.69) is 25.6 Å². The minimum atomic E-state index is -0.431. The highest BCUT2D eigenvalue weighted by Crippen LogP contribution is 2.21. The van der Waals surface area contributed by atoms with Crippen LogP contribution >= 0.6 is 11.8 Å². The third-order valence-corrected chi connectivity index (χ3v) is 4.67. The number of esters is 1. The standard InChI is InChI=1S/C19H19N5O4S/c1-3-28-16-10-8-15(9-11-16)24-19(21-22-23-24)29-12-17(25)20-14-6-4-13(5-7-14)18(26)27-2/h4-11H,3,12H2,1-2H3,(H,20,25). The van der Waals surface area contributed by atoms with Crippen molar-refractivity contribution in [2.45, 2.75) is 12.1 Å². The highest BCUT2D eigenvalue weighted by atomic mass is 32.2. The summed E-state index contributed by atoms with van der Waals surface area (Å²) < 4.78 is 11.6. The van der Waals surface area contributed by atoms with Crippen molar-refractivity contribution in [3.8, 4) is 11.4 Å². The Morgan fingerprint density at radius 3 is 2.48 bits per heavy atom. The van der Waals surface area contributed by atoms with Gasteiger partial charge in [-0.1, -0.05) is 11.8 Å². The van der Waals surface area contributed by atoms with Gasteiger partial charge in [0.2, 0.25) is 11.1 Å². The van der Waals surface area contributed by atoms with Crippen molar-refractivity contribution >= 4 is 29.3 Å². The molecular formula is C19H19N5O4S. The van der Waals surface area contributed by atoms with Gasteiger partial charge in [0, 0.05) is 5.69 Å². The second-order valence-electron chi connectivity index (χ2n) is 5.71. The highest BCUT2D eigenvalue weighted by Gasteiger charge is 2.12. The van der Waals surface area contributed by atoms with E-state index in [1.54, 1.807) is 28.9 Å². The number of hydrogen-bond acceptors (Lipinski definition) is 8. The van der Waals surface area contributed by atoms with E-state index < -0.39 is 5.97 Å². The fourth-order valence-corrected chi connectivity index (χ4v) is 3.11. The molecule has 0 atom stereocenters. The van der Waals surface area contributed by atoms with E-state index in [0.717, 1.165) is 11.4 Å². The topological polar surface area (TPSA) is 108 Å². The molecule has 1 amide bonds. The van der Waals surface area contributed by atoms with Crippen molar-refractivity contribution in [3.05, 3.63) is 54.1 Å². The molecule has 3 aromatic rings. The summed E-state index contributed by atoms with van der Waals surface area (Å²) >= 11 is 1.21. The molecule has 0 fully saturated rings. The Hall–Kier alpha value is -3.40. The van der Waals surface area contributed by atoms with E-state index in [-0.39, 0.29) is 11.7 Å². The number of nitrogens with zero attached hydrogens (tertiary/aromatic N) is 4. The van der Waals surface area contributed by atoms with Crippen molar-refractivity contribution in [1.29, 1.82) is 0 Å². The van der Waals surface area contributed by atoms with Crippen molar-refractivity contribution in [2.75, 3.05) is 24.8 Å². The lowest BCUT2D eigenvalue weighted by molar-refractivity contribution is -0.113. The Balaban J connectivity index is 1.58. The molecule has 0 aliphatic carbocycles. The number of ether oxygens (including phenoxy) is 2. The maximum Gasteiger partial charge on any atom is 0.337 e. The third-order valence-electron chi connectivity index (χ3n) is 3.76. The molecule has 1 aromatic heterocycles. The quantitative estimate of drug-likeness (QED) is 0.443. The zero-order valence-electron chi connectivity index (χ0n) is 15.9. The summed E-state index contributed by atoms with van der Waals surface area (Å²) in [5.41, 5.74) is 1.75. The van der Waals surface area contributed by atoms with Crippen molar-refractivity contribution in [1.82, 2.24) is 20.2 Å². The summed E-state index contributed by atoms with van der Waals surface area (Å²) in [5, 5.41) is 14.9. The van der Waals surface area contributed by atoms with Crippen LogP contribution in [0, 0.1) is 0 Å². The van der Waals surface area contributed by atoms with Crippen molar-refractivity contribution < 1.29 is 19.1 Å². The normalized spacial score (nSPS) is 10.4. The number of thioether (sulfide) groups is 1. The Morgan fingerprint density at radius 2 is 1.83 bits per heavy atom. The van der Waals surface area contributed by atoms with Crippen LogP contribution in [-0.2, 0) is 9.53 Å². The second-order valence-corrected chi connectivity index (χ2v) is 6.65. The Morgan fingerprint density at radius 1 is 1.10 bits per heavy atom. The molecule has 10 heteroatoms. The summed E-state index contributed by atoms with van der Waals surface area (Å²) in [7, 11) is 1.32. The molecule has 0 aliphatic heterocycles. The molecule has 0 spiro atoms. The summed E-state index contributed by atoms with van der Waals surface area (Å²) in [4.78, 5) is 23.7. The largest absolute Gasteiger partial charge is 0.494 e. The van der Waals surface area contributed by atoms with E-state index in [1.165, 1.54) is 18.9 Å². The van der Waals surface area contributed by atoms with E-state index in [9.17, 15) is 9.59 Å². The van der Waals surface area contributed by atoms with Gasteiger partial charge in [-0.15, -0.1) is 5.10 Å². The number of anilines is 1. The molecule has 9 nitrogen and oxygen atoms in total. The number of benzene rings is 2. The lowest BCUT2D eigenvalue weighted by Crippen LogP contribution is -2.14. The fourth-order valence-electron chi connectivity index (χ4n) is 2.42. The summed E-state index contributed by atoms with van der Waals surface area (Å²) in [5.74, 6) is 0.230. The monoisotopic (exact) mass is 413 g/mol. The van der Waals surface area contributed by atoms with Crippen LogP contribution in [0.3, 0.4) is 0 Å². The van der Waals surface area contributed by atoms with Crippen molar-refractivity contribution in [3.63, 3.8) is 0 Å². The van der Waals surface area contributed by atoms with Crippen LogP contribution in [-0.4, -0.2) is 51.6 Å². The van der Waals surface area contributed by atoms with Gasteiger partial charge in [0.15, 0.2) is 0 Å². The summed E-state index contributed by atoms with van der Waals surface area (Å²) in [6, 6.07) is 13.8. The molecule has 150 valence electrons. The maximum absolute atomic E-state index is 12.2. The molecule has 2 aromatic carbocycles. The van der Waals surface area contributed by atoms with Gasteiger partial charge in [-0.2, -0.15) is 4.68 Å². The Labute approximate surface area is 171 Å². The molecule has 0 radical (unpaired) electrons. The molecule has 1 heterocycles.